The molecule has 0 radical (unpaired) electrons. The number of aliphatic hydroxyl groups excluding tert-OH is 1. The Labute approximate surface area is 287 Å². The van der Waals surface area contributed by atoms with Crippen molar-refractivity contribution in [2.24, 2.45) is 0 Å². The summed E-state index contributed by atoms with van der Waals surface area (Å²) in [5.41, 5.74) is 2.64. The average Bonchev–Trinajstić information content (AvgIpc) is 2.90. The summed E-state index contributed by atoms with van der Waals surface area (Å²) in [6.45, 7) is 1.78. The molecule has 2 rings (SSSR count). The fraction of sp³-hybridized carbons (Fsp3) is 0.500. The molecule has 2 aromatic carbocycles. The van der Waals surface area contributed by atoms with E-state index in [1.54, 1.807) is 18.2 Å². The van der Waals surface area contributed by atoms with Crippen LogP contribution >= 0.6 is 11.8 Å². The Morgan fingerprint density at radius 2 is 1.55 bits per heavy atom. The average molecular weight is 592 g/mol. The SMILES string of the molecule is CCCCCCCCCc1ccc(C(Sc2cccc(N(C=O)CC(=O)O)c2)C(O)CCCC(=O)O)cc1.[NaH].[NaH]. The van der Waals surface area contributed by atoms with Crippen LogP contribution in [0.1, 0.15) is 87.5 Å². The van der Waals surface area contributed by atoms with Crippen molar-refractivity contribution in [2.45, 2.75) is 93.8 Å². The second-order valence-corrected chi connectivity index (χ2v) is 10.8. The molecule has 2 aromatic rings. The fourth-order valence-electron chi connectivity index (χ4n) is 4.36. The molecule has 0 aliphatic heterocycles. The third-order valence-electron chi connectivity index (χ3n) is 6.46. The van der Waals surface area contributed by atoms with E-state index in [0.717, 1.165) is 28.2 Å². The van der Waals surface area contributed by atoms with Gasteiger partial charge in [-0.25, -0.2) is 0 Å². The van der Waals surface area contributed by atoms with Gasteiger partial charge in [-0.05, 0) is 55.0 Å². The van der Waals surface area contributed by atoms with Crippen molar-refractivity contribution in [3.8, 4) is 0 Å². The molecule has 0 heterocycles. The number of nitrogens with zero attached hydrogens (tertiary/aromatic N) is 1. The maximum atomic E-state index is 11.4. The molecule has 10 heteroatoms. The number of rotatable bonds is 20. The molecule has 2 unspecified atom stereocenters. The van der Waals surface area contributed by atoms with Gasteiger partial charge >= 0.3 is 71.1 Å². The van der Waals surface area contributed by atoms with Gasteiger partial charge in [0.05, 0.1) is 11.4 Å². The number of carboxylic acid groups (broad SMARTS) is 2. The van der Waals surface area contributed by atoms with Crippen LogP contribution in [0.15, 0.2) is 53.4 Å². The van der Waals surface area contributed by atoms with Crippen LogP contribution in [0.3, 0.4) is 0 Å². The van der Waals surface area contributed by atoms with Gasteiger partial charge in [-0.2, -0.15) is 0 Å². The molecule has 212 valence electrons. The molecular weight excluding hydrogens is 548 g/mol. The molecule has 40 heavy (non-hydrogen) atoms. The summed E-state index contributed by atoms with van der Waals surface area (Å²) < 4.78 is 0. The van der Waals surface area contributed by atoms with E-state index >= 15 is 0 Å². The number of aliphatic carboxylic acids is 2. The van der Waals surface area contributed by atoms with Gasteiger partial charge in [0, 0.05) is 17.0 Å². The van der Waals surface area contributed by atoms with Crippen LogP contribution in [0.5, 0.6) is 0 Å². The molecule has 7 nitrogen and oxygen atoms in total. The number of carboxylic acids is 2. The summed E-state index contributed by atoms with van der Waals surface area (Å²) in [7, 11) is 0. The molecule has 0 aromatic heterocycles. The van der Waals surface area contributed by atoms with E-state index < -0.39 is 24.6 Å². The van der Waals surface area contributed by atoms with E-state index in [1.807, 2.05) is 18.2 Å². The van der Waals surface area contributed by atoms with E-state index in [2.05, 4.69) is 19.1 Å². The number of thioether (sulfide) groups is 1. The van der Waals surface area contributed by atoms with Gasteiger partial charge in [0.2, 0.25) is 6.41 Å². The molecule has 0 fully saturated rings. The summed E-state index contributed by atoms with van der Waals surface area (Å²) in [6.07, 6.45) is 10.2. The van der Waals surface area contributed by atoms with Crippen molar-refractivity contribution < 1.29 is 29.7 Å². The molecule has 0 saturated carbocycles. The number of hydrogen-bond acceptors (Lipinski definition) is 5. The Morgan fingerprint density at radius 3 is 2.15 bits per heavy atom. The topological polar surface area (TPSA) is 115 Å². The second kappa shape index (κ2) is 22.7. The first-order chi connectivity index (χ1) is 18.3. The molecule has 2 atom stereocenters. The van der Waals surface area contributed by atoms with Crippen LogP contribution in [0.4, 0.5) is 5.69 Å². The van der Waals surface area contributed by atoms with Crippen LogP contribution < -0.4 is 4.90 Å². The third kappa shape index (κ3) is 15.4. The normalized spacial score (nSPS) is 11.9. The number of anilines is 1. The predicted octanol–water partition coefficient (Wildman–Crippen LogP) is 5.18. The van der Waals surface area contributed by atoms with Gasteiger partial charge in [-0.3, -0.25) is 14.4 Å². The van der Waals surface area contributed by atoms with Crippen molar-refractivity contribution in [1.29, 1.82) is 0 Å². The van der Waals surface area contributed by atoms with E-state index in [9.17, 15) is 19.5 Å². The standard InChI is InChI=1S/C30H41NO6S.2Na.2H/c1-2-3-4-5-6-7-8-11-23-16-18-24(19-17-23)30(27(33)14-10-15-28(34)35)38-26-13-9-12-25(20-26)31(22-32)21-29(36)37;;;;/h9,12-13,16-20,22,27,30,33H,2-8,10-11,14-15,21H2,1H3,(H,34,35)(H,36,37);;;;. The number of unbranched alkanes of at least 4 members (excludes halogenated alkanes) is 6. The molecular formula is C30H43NNa2O6S. The Morgan fingerprint density at radius 1 is 0.900 bits per heavy atom. The number of amides is 1. The Kier molecular flexibility index (Phi) is 22.2. The summed E-state index contributed by atoms with van der Waals surface area (Å²) in [5.74, 6) is -2.00. The molecule has 0 bridgehead atoms. The second-order valence-electron chi connectivity index (χ2n) is 9.63. The third-order valence-corrected chi connectivity index (χ3v) is 7.83. The number of hydrogen-bond donors (Lipinski definition) is 3. The van der Waals surface area contributed by atoms with Crippen LogP contribution in [-0.2, 0) is 20.8 Å². The number of aliphatic hydroxyl groups is 1. The summed E-state index contributed by atoms with van der Waals surface area (Å²) >= 11 is 1.42. The van der Waals surface area contributed by atoms with Crippen molar-refractivity contribution >= 4 is 94.9 Å². The summed E-state index contributed by atoms with van der Waals surface area (Å²) in [4.78, 5) is 35.4. The van der Waals surface area contributed by atoms with Crippen LogP contribution in [0, 0.1) is 0 Å². The first-order valence-electron chi connectivity index (χ1n) is 13.5. The number of aryl methyl sites for hydroxylation is 1. The molecule has 0 saturated heterocycles. The van der Waals surface area contributed by atoms with E-state index in [1.165, 1.54) is 55.9 Å². The molecule has 0 aliphatic carbocycles. The van der Waals surface area contributed by atoms with Crippen molar-refractivity contribution in [1.82, 2.24) is 0 Å². The van der Waals surface area contributed by atoms with Gasteiger partial charge < -0.3 is 20.2 Å². The molecule has 3 N–H and O–H groups in total. The van der Waals surface area contributed by atoms with Crippen LogP contribution in [-0.4, -0.2) is 105 Å². The number of benzene rings is 2. The fourth-order valence-corrected chi connectivity index (χ4v) is 5.59. The van der Waals surface area contributed by atoms with Crippen LogP contribution in [0.25, 0.3) is 0 Å². The zero-order valence-corrected chi connectivity index (χ0v) is 23.1. The first kappa shape index (κ1) is 39.2. The van der Waals surface area contributed by atoms with Gasteiger partial charge in [-0.1, -0.05) is 75.8 Å². The Bertz CT molecular complexity index is 1010. The minimum atomic E-state index is -1.11. The predicted molar refractivity (Wildman–Crippen MR) is 166 cm³/mol. The van der Waals surface area contributed by atoms with Crippen molar-refractivity contribution in [3.05, 3.63) is 59.7 Å². The number of carbonyl (C=O) groups excluding carboxylic acids is 1. The van der Waals surface area contributed by atoms with Gasteiger partial charge in [0.25, 0.3) is 0 Å². The summed E-state index contributed by atoms with van der Waals surface area (Å²) in [5, 5.41) is 28.8. The van der Waals surface area contributed by atoms with Crippen LogP contribution in [0.2, 0.25) is 0 Å². The molecule has 0 aliphatic rings. The maximum absolute atomic E-state index is 11.4. The monoisotopic (exact) mass is 591 g/mol. The zero-order valence-electron chi connectivity index (χ0n) is 22.3. The van der Waals surface area contributed by atoms with E-state index in [4.69, 9.17) is 10.2 Å². The summed E-state index contributed by atoms with van der Waals surface area (Å²) in [6, 6.07) is 15.2. The number of carbonyl (C=O) groups is 3. The van der Waals surface area contributed by atoms with E-state index in [-0.39, 0.29) is 70.8 Å². The van der Waals surface area contributed by atoms with E-state index in [0.29, 0.717) is 24.9 Å². The quantitative estimate of drug-likeness (QED) is 0.0841. The van der Waals surface area contributed by atoms with Crippen molar-refractivity contribution in [3.63, 3.8) is 0 Å². The van der Waals surface area contributed by atoms with Crippen molar-refractivity contribution in [2.75, 3.05) is 11.4 Å². The Balaban J connectivity index is 0.00000760. The Hall–Kier alpha value is -0.840. The zero-order chi connectivity index (χ0) is 27.8. The first-order valence-corrected chi connectivity index (χ1v) is 14.4. The molecule has 1 amide bonds. The van der Waals surface area contributed by atoms with Gasteiger partial charge in [0.15, 0.2) is 0 Å². The van der Waals surface area contributed by atoms with Gasteiger partial charge in [0.1, 0.15) is 6.54 Å². The minimum absolute atomic E-state index is 0. The van der Waals surface area contributed by atoms with Gasteiger partial charge in [-0.15, -0.1) is 11.8 Å². The molecule has 0 spiro atoms.